The minimum atomic E-state index is -0.146. The molecule has 20 heavy (non-hydrogen) atoms. The first-order valence-corrected chi connectivity index (χ1v) is 6.64. The summed E-state index contributed by atoms with van der Waals surface area (Å²) in [6.45, 7) is 8.09. The largest absolute Gasteiger partial charge is 0.508 e. The quantitative estimate of drug-likeness (QED) is 0.887. The average Bonchev–Trinajstić information content (AvgIpc) is 2.47. The fourth-order valence-electron chi connectivity index (χ4n) is 2.26. The predicted octanol–water partition coefficient (Wildman–Crippen LogP) is 3.72. The smallest absolute Gasteiger partial charge is 0.115 e. The van der Waals surface area contributed by atoms with Crippen LogP contribution in [-0.4, -0.2) is 16.8 Å². The molecule has 104 valence electrons. The Labute approximate surface area is 120 Å². The van der Waals surface area contributed by atoms with E-state index < -0.39 is 0 Å². The molecule has 0 aliphatic heterocycles. The maximum Gasteiger partial charge on any atom is 0.115 e. The first-order valence-electron chi connectivity index (χ1n) is 6.64. The monoisotopic (exact) mass is 268 g/mol. The van der Waals surface area contributed by atoms with Gasteiger partial charge in [-0.05, 0) is 34.4 Å². The maximum absolute atomic E-state index is 9.38. The number of phenols is 1. The highest BCUT2D eigenvalue weighted by Gasteiger charge is 2.22. The molecule has 2 rings (SSSR count). The van der Waals surface area contributed by atoms with Crippen molar-refractivity contribution in [2.24, 2.45) is 0 Å². The third-order valence-corrected chi connectivity index (χ3v) is 3.79. The summed E-state index contributed by atoms with van der Waals surface area (Å²) >= 11 is 0. The summed E-state index contributed by atoms with van der Waals surface area (Å²) in [5.41, 5.74) is 3.85. The van der Waals surface area contributed by atoms with Crippen LogP contribution in [0.1, 0.15) is 30.5 Å². The number of aliphatic hydroxyl groups excluding tert-OH is 1. The van der Waals surface area contributed by atoms with Gasteiger partial charge in [-0.1, -0.05) is 56.8 Å². The number of aliphatic hydroxyl groups is 1. The van der Waals surface area contributed by atoms with Gasteiger partial charge in [-0.2, -0.15) is 0 Å². The van der Waals surface area contributed by atoms with Gasteiger partial charge in [0.15, 0.2) is 0 Å². The average molecular weight is 268 g/mol. The Hall–Kier alpha value is -2.06. The number of hydrogen-bond donors (Lipinski definition) is 2. The summed E-state index contributed by atoms with van der Waals surface area (Å²) in [4.78, 5) is 0. The molecular weight excluding hydrogens is 248 g/mol. The molecule has 0 aromatic heterocycles. The second-order valence-electron chi connectivity index (χ2n) is 5.51. The number of aromatic hydroxyl groups is 1. The molecule has 0 bridgehead atoms. The summed E-state index contributed by atoms with van der Waals surface area (Å²) in [7, 11) is 0. The van der Waals surface area contributed by atoms with Gasteiger partial charge in [0.1, 0.15) is 5.75 Å². The standard InChI is InChI=1S/C18H20O2/c1-13(12-19)14-4-6-15(7-5-14)18(2,3)16-8-10-17(20)11-9-16/h4-11,19-20H,1,12H2,2-3H3. The molecule has 2 aromatic rings. The van der Waals surface area contributed by atoms with Crippen molar-refractivity contribution in [2.45, 2.75) is 19.3 Å². The summed E-state index contributed by atoms with van der Waals surface area (Å²) in [6.07, 6.45) is 0. The van der Waals surface area contributed by atoms with Gasteiger partial charge in [-0.3, -0.25) is 0 Å². The fourth-order valence-corrected chi connectivity index (χ4v) is 2.26. The van der Waals surface area contributed by atoms with Gasteiger partial charge < -0.3 is 10.2 Å². The van der Waals surface area contributed by atoms with Gasteiger partial charge in [-0.25, -0.2) is 0 Å². The number of benzene rings is 2. The molecule has 0 saturated heterocycles. The van der Waals surface area contributed by atoms with E-state index in [2.05, 4.69) is 32.6 Å². The number of hydrogen-bond acceptors (Lipinski definition) is 2. The van der Waals surface area contributed by atoms with E-state index in [1.807, 2.05) is 24.3 Å². The van der Waals surface area contributed by atoms with E-state index in [1.165, 1.54) is 5.56 Å². The van der Waals surface area contributed by atoms with E-state index >= 15 is 0 Å². The van der Waals surface area contributed by atoms with Crippen LogP contribution in [0.15, 0.2) is 55.1 Å². The van der Waals surface area contributed by atoms with Crippen molar-refractivity contribution < 1.29 is 10.2 Å². The second kappa shape index (κ2) is 5.51. The van der Waals surface area contributed by atoms with Crippen molar-refractivity contribution in [1.29, 1.82) is 0 Å². The van der Waals surface area contributed by atoms with Crippen LogP contribution >= 0.6 is 0 Å². The highest BCUT2D eigenvalue weighted by Crippen LogP contribution is 2.32. The first-order chi connectivity index (χ1) is 9.45. The van der Waals surface area contributed by atoms with Crippen LogP contribution in [0.2, 0.25) is 0 Å². The van der Waals surface area contributed by atoms with Crippen LogP contribution in [0.3, 0.4) is 0 Å². The molecule has 0 aliphatic carbocycles. The Morgan fingerprint density at radius 3 is 1.85 bits per heavy atom. The molecular formula is C18H20O2. The Balaban J connectivity index is 2.34. The first kappa shape index (κ1) is 14.4. The summed E-state index contributed by atoms with van der Waals surface area (Å²) < 4.78 is 0. The molecule has 0 saturated carbocycles. The zero-order valence-corrected chi connectivity index (χ0v) is 11.9. The summed E-state index contributed by atoms with van der Waals surface area (Å²) in [5.74, 6) is 0.277. The van der Waals surface area contributed by atoms with E-state index in [-0.39, 0.29) is 17.8 Å². The van der Waals surface area contributed by atoms with Gasteiger partial charge in [0.2, 0.25) is 0 Å². The van der Waals surface area contributed by atoms with Crippen LogP contribution in [0.4, 0.5) is 0 Å². The molecule has 0 aliphatic rings. The maximum atomic E-state index is 9.38. The van der Waals surface area contributed by atoms with Gasteiger partial charge in [0.25, 0.3) is 0 Å². The van der Waals surface area contributed by atoms with E-state index in [0.29, 0.717) is 0 Å². The molecule has 0 radical (unpaired) electrons. The Morgan fingerprint density at radius 1 is 0.950 bits per heavy atom. The van der Waals surface area contributed by atoms with Gasteiger partial charge >= 0.3 is 0 Å². The second-order valence-corrected chi connectivity index (χ2v) is 5.51. The van der Waals surface area contributed by atoms with Crippen LogP contribution in [0.25, 0.3) is 5.57 Å². The van der Waals surface area contributed by atoms with E-state index in [1.54, 1.807) is 12.1 Å². The zero-order valence-electron chi connectivity index (χ0n) is 11.9. The normalized spacial score (nSPS) is 11.3. The molecule has 0 atom stereocenters. The van der Waals surface area contributed by atoms with Crippen molar-refractivity contribution in [3.63, 3.8) is 0 Å². The van der Waals surface area contributed by atoms with E-state index in [9.17, 15) is 5.11 Å². The summed E-state index contributed by atoms with van der Waals surface area (Å²) in [6, 6.07) is 15.4. The van der Waals surface area contributed by atoms with E-state index in [4.69, 9.17) is 5.11 Å². The molecule has 0 heterocycles. The van der Waals surface area contributed by atoms with Crippen molar-refractivity contribution >= 4 is 5.57 Å². The van der Waals surface area contributed by atoms with Crippen molar-refractivity contribution in [2.75, 3.05) is 6.61 Å². The molecule has 0 fully saturated rings. The Kier molecular flexibility index (Phi) is 3.96. The third-order valence-electron chi connectivity index (χ3n) is 3.79. The highest BCUT2D eigenvalue weighted by atomic mass is 16.3. The third kappa shape index (κ3) is 2.75. The predicted molar refractivity (Wildman–Crippen MR) is 82.8 cm³/mol. The molecule has 2 nitrogen and oxygen atoms in total. The van der Waals surface area contributed by atoms with Crippen LogP contribution in [0, 0.1) is 0 Å². The van der Waals surface area contributed by atoms with Gasteiger partial charge in [0.05, 0.1) is 6.61 Å². The van der Waals surface area contributed by atoms with Crippen LogP contribution < -0.4 is 0 Å². The van der Waals surface area contributed by atoms with Gasteiger partial charge in [-0.15, -0.1) is 0 Å². The molecule has 2 aromatic carbocycles. The lowest BCUT2D eigenvalue weighted by atomic mass is 9.78. The minimum Gasteiger partial charge on any atom is -0.508 e. The molecule has 2 heteroatoms. The SMILES string of the molecule is C=C(CO)c1ccc(C(C)(C)c2ccc(O)cc2)cc1. The Bertz CT molecular complexity index is 592. The lowest BCUT2D eigenvalue weighted by molar-refractivity contribution is 0.350. The van der Waals surface area contributed by atoms with Crippen molar-refractivity contribution in [3.8, 4) is 5.75 Å². The molecule has 0 amide bonds. The van der Waals surface area contributed by atoms with Crippen molar-refractivity contribution in [3.05, 3.63) is 71.8 Å². The van der Waals surface area contributed by atoms with Crippen LogP contribution in [-0.2, 0) is 5.41 Å². The van der Waals surface area contributed by atoms with Crippen molar-refractivity contribution in [1.82, 2.24) is 0 Å². The lowest BCUT2D eigenvalue weighted by Crippen LogP contribution is -2.18. The Morgan fingerprint density at radius 2 is 1.40 bits per heavy atom. The van der Waals surface area contributed by atoms with Crippen LogP contribution in [0.5, 0.6) is 5.75 Å². The fraction of sp³-hybridized carbons (Fsp3) is 0.222. The number of rotatable bonds is 4. The zero-order chi connectivity index (χ0) is 14.8. The lowest BCUT2D eigenvalue weighted by Gasteiger charge is -2.26. The topological polar surface area (TPSA) is 40.5 Å². The highest BCUT2D eigenvalue weighted by molar-refractivity contribution is 5.64. The van der Waals surface area contributed by atoms with E-state index in [0.717, 1.165) is 16.7 Å². The molecule has 0 spiro atoms. The minimum absolute atomic E-state index is 0.0271. The summed E-state index contributed by atoms with van der Waals surface area (Å²) in [5, 5.41) is 18.5. The van der Waals surface area contributed by atoms with Gasteiger partial charge in [0, 0.05) is 5.41 Å². The number of phenolic OH excluding ortho intramolecular Hbond substituents is 1. The molecule has 2 N–H and O–H groups in total. The molecule has 0 unspecified atom stereocenters.